The Kier molecular flexibility index (Phi) is 2.49. The fraction of sp³-hybridized carbons (Fsp3) is 0.857. The standard InChI is InChI=1S/C14H24/c1-10(14(2,3)4)13-8-11-6-5-7-12(11)9-13/h11-13H,1,5-9H2,2-4H3. The molecular formula is C14H24. The third kappa shape index (κ3) is 1.76. The normalized spacial score (nSPS) is 37.2. The van der Waals surface area contributed by atoms with E-state index in [0.717, 1.165) is 17.8 Å². The Hall–Kier alpha value is -0.260. The summed E-state index contributed by atoms with van der Waals surface area (Å²) in [6.07, 6.45) is 7.38. The summed E-state index contributed by atoms with van der Waals surface area (Å²) in [6.45, 7) is 11.3. The van der Waals surface area contributed by atoms with E-state index < -0.39 is 0 Å². The van der Waals surface area contributed by atoms with Gasteiger partial charge in [-0.3, -0.25) is 0 Å². The van der Waals surface area contributed by atoms with Crippen LogP contribution in [0.25, 0.3) is 0 Å². The third-order valence-electron chi connectivity index (χ3n) is 4.45. The molecule has 0 saturated heterocycles. The molecule has 0 amide bonds. The van der Waals surface area contributed by atoms with Crippen LogP contribution in [-0.4, -0.2) is 0 Å². The van der Waals surface area contributed by atoms with Crippen LogP contribution in [0.2, 0.25) is 0 Å². The molecule has 0 aromatic carbocycles. The predicted molar refractivity (Wildman–Crippen MR) is 62.2 cm³/mol. The average Bonchev–Trinajstić information content (AvgIpc) is 2.58. The van der Waals surface area contributed by atoms with E-state index in [1.165, 1.54) is 37.7 Å². The molecule has 0 N–H and O–H groups in total. The minimum absolute atomic E-state index is 0.323. The molecule has 2 aliphatic rings. The van der Waals surface area contributed by atoms with Gasteiger partial charge in [-0.25, -0.2) is 0 Å². The van der Waals surface area contributed by atoms with E-state index in [1.807, 2.05) is 0 Å². The van der Waals surface area contributed by atoms with Gasteiger partial charge in [0.05, 0.1) is 0 Å². The SMILES string of the molecule is C=C(C1CC2CCCC2C1)C(C)(C)C. The molecule has 2 fully saturated rings. The molecule has 0 spiro atoms. The second-order valence-electron chi connectivity index (χ2n) is 6.39. The summed E-state index contributed by atoms with van der Waals surface area (Å²) < 4.78 is 0. The smallest absolute Gasteiger partial charge is 0.0173 e. The largest absolute Gasteiger partial charge is 0.0991 e. The van der Waals surface area contributed by atoms with E-state index >= 15 is 0 Å². The van der Waals surface area contributed by atoms with Gasteiger partial charge in [-0.05, 0) is 36.0 Å². The number of rotatable bonds is 1. The Bertz CT molecular complexity index is 219. The number of hydrogen-bond acceptors (Lipinski definition) is 0. The number of fused-ring (bicyclic) bond motifs is 1. The Morgan fingerprint density at radius 3 is 2.00 bits per heavy atom. The summed E-state index contributed by atoms with van der Waals surface area (Å²) in [5.74, 6) is 2.95. The van der Waals surface area contributed by atoms with E-state index in [9.17, 15) is 0 Å². The van der Waals surface area contributed by atoms with Crippen molar-refractivity contribution in [3.8, 4) is 0 Å². The molecule has 0 heteroatoms. The molecule has 0 heterocycles. The van der Waals surface area contributed by atoms with Crippen molar-refractivity contribution in [3.05, 3.63) is 12.2 Å². The molecule has 80 valence electrons. The van der Waals surface area contributed by atoms with Gasteiger partial charge in [0, 0.05) is 0 Å². The van der Waals surface area contributed by atoms with Crippen molar-refractivity contribution in [2.75, 3.05) is 0 Å². The van der Waals surface area contributed by atoms with Gasteiger partial charge in [-0.2, -0.15) is 0 Å². The lowest BCUT2D eigenvalue weighted by molar-refractivity contribution is 0.410. The Morgan fingerprint density at radius 2 is 1.57 bits per heavy atom. The van der Waals surface area contributed by atoms with Crippen LogP contribution in [0.3, 0.4) is 0 Å². The topological polar surface area (TPSA) is 0 Å². The highest BCUT2D eigenvalue weighted by Crippen LogP contribution is 2.51. The van der Waals surface area contributed by atoms with Crippen molar-refractivity contribution in [2.45, 2.75) is 52.9 Å². The molecule has 2 saturated carbocycles. The molecule has 0 aliphatic heterocycles. The van der Waals surface area contributed by atoms with Gasteiger partial charge in [0.25, 0.3) is 0 Å². The van der Waals surface area contributed by atoms with Crippen LogP contribution >= 0.6 is 0 Å². The van der Waals surface area contributed by atoms with Crippen molar-refractivity contribution in [3.63, 3.8) is 0 Å². The molecule has 0 nitrogen and oxygen atoms in total. The monoisotopic (exact) mass is 192 g/mol. The lowest BCUT2D eigenvalue weighted by Gasteiger charge is -2.27. The van der Waals surface area contributed by atoms with Crippen molar-refractivity contribution in [2.24, 2.45) is 23.2 Å². The summed E-state index contributed by atoms with van der Waals surface area (Å²) in [4.78, 5) is 0. The fourth-order valence-electron chi connectivity index (χ4n) is 3.46. The van der Waals surface area contributed by atoms with Gasteiger partial charge in [-0.1, -0.05) is 52.2 Å². The zero-order valence-corrected chi connectivity index (χ0v) is 9.97. The molecule has 0 aromatic heterocycles. The van der Waals surface area contributed by atoms with Crippen molar-refractivity contribution in [1.82, 2.24) is 0 Å². The van der Waals surface area contributed by atoms with Crippen LogP contribution in [0, 0.1) is 23.2 Å². The quantitative estimate of drug-likeness (QED) is 0.540. The average molecular weight is 192 g/mol. The van der Waals surface area contributed by atoms with Crippen LogP contribution in [0.15, 0.2) is 12.2 Å². The minimum Gasteiger partial charge on any atom is -0.0991 e. The van der Waals surface area contributed by atoms with Gasteiger partial charge in [0.15, 0.2) is 0 Å². The van der Waals surface area contributed by atoms with Gasteiger partial charge in [0.2, 0.25) is 0 Å². The second-order valence-corrected chi connectivity index (χ2v) is 6.39. The lowest BCUT2D eigenvalue weighted by Crippen LogP contribution is -2.15. The first-order chi connectivity index (χ1) is 6.48. The van der Waals surface area contributed by atoms with E-state index in [0.29, 0.717) is 5.41 Å². The van der Waals surface area contributed by atoms with Gasteiger partial charge in [0.1, 0.15) is 0 Å². The van der Waals surface area contributed by atoms with Gasteiger partial charge in [-0.15, -0.1) is 0 Å². The van der Waals surface area contributed by atoms with E-state index in [2.05, 4.69) is 27.4 Å². The first kappa shape index (κ1) is 10.3. The van der Waals surface area contributed by atoms with Crippen LogP contribution in [0.5, 0.6) is 0 Å². The van der Waals surface area contributed by atoms with Gasteiger partial charge >= 0.3 is 0 Å². The summed E-state index contributed by atoms with van der Waals surface area (Å²) in [5, 5.41) is 0. The Morgan fingerprint density at radius 1 is 1.07 bits per heavy atom. The van der Waals surface area contributed by atoms with Crippen molar-refractivity contribution >= 4 is 0 Å². The van der Waals surface area contributed by atoms with E-state index in [-0.39, 0.29) is 0 Å². The summed E-state index contributed by atoms with van der Waals surface area (Å²) >= 11 is 0. The Balaban J connectivity index is 1.99. The summed E-state index contributed by atoms with van der Waals surface area (Å²) in [7, 11) is 0. The predicted octanol–water partition coefficient (Wildman–Crippen LogP) is 4.42. The molecule has 0 radical (unpaired) electrons. The second kappa shape index (κ2) is 3.40. The first-order valence-electron chi connectivity index (χ1n) is 6.18. The Labute approximate surface area is 88.8 Å². The molecule has 2 aliphatic carbocycles. The zero-order chi connectivity index (χ0) is 10.3. The van der Waals surface area contributed by atoms with Crippen molar-refractivity contribution < 1.29 is 0 Å². The highest BCUT2D eigenvalue weighted by atomic mass is 14.4. The minimum atomic E-state index is 0.323. The maximum atomic E-state index is 4.34. The maximum absolute atomic E-state index is 4.34. The molecule has 14 heavy (non-hydrogen) atoms. The molecule has 2 atom stereocenters. The first-order valence-corrected chi connectivity index (χ1v) is 6.18. The highest BCUT2D eigenvalue weighted by molar-refractivity contribution is 5.13. The molecule has 0 aromatic rings. The van der Waals surface area contributed by atoms with E-state index in [1.54, 1.807) is 0 Å². The zero-order valence-electron chi connectivity index (χ0n) is 9.97. The number of allylic oxidation sites excluding steroid dienone is 1. The fourth-order valence-corrected chi connectivity index (χ4v) is 3.46. The summed E-state index contributed by atoms with van der Waals surface area (Å²) in [5.41, 5.74) is 1.83. The van der Waals surface area contributed by atoms with Gasteiger partial charge < -0.3 is 0 Å². The van der Waals surface area contributed by atoms with Crippen LogP contribution < -0.4 is 0 Å². The van der Waals surface area contributed by atoms with Crippen LogP contribution in [0.1, 0.15) is 52.9 Å². The summed E-state index contributed by atoms with van der Waals surface area (Å²) in [6, 6.07) is 0. The molecule has 2 rings (SSSR count). The van der Waals surface area contributed by atoms with E-state index in [4.69, 9.17) is 0 Å². The third-order valence-corrected chi connectivity index (χ3v) is 4.45. The van der Waals surface area contributed by atoms with Crippen LogP contribution in [-0.2, 0) is 0 Å². The lowest BCUT2D eigenvalue weighted by atomic mass is 9.78. The highest BCUT2D eigenvalue weighted by Gasteiger charge is 2.39. The molecular weight excluding hydrogens is 168 g/mol. The molecule has 2 unspecified atom stereocenters. The van der Waals surface area contributed by atoms with Crippen molar-refractivity contribution in [1.29, 1.82) is 0 Å². The van der Waals surface area contributed by atoms with Crippen LogP contribution in [0.4, 0.5) is 0 Å². The number of hydrogen-bond donors (Lipinski definition) is 0. The maximum Gasteiger partial charge on any atom is -0.0173 e. The molecule has 0 bridgehead atoms.